The third-order valence-corrected chi connectivity index (χ3v) is 9.34. The summed E-state index contributed by atoms with van der Waals surface area (Å²) in [6.07, 6.45) is 6.91. The van der Waals surface area contributed by atoms with Crippen LogP contribution in [0.2, 0.25) is 0 Å². The number of hydrogen-bond acceptors (Lipinski definition) is 7. The Hall–Kier alpha value is -4.15. The van der Waals surface area contributed by atoms with Crippen LogP contribution in [-0.4, -0.2) is 39.5 Å². The minimum Gasteiger partial charge on any atom is -0.507 e. The van der Waals surface area contributed by atoms with Gasteiger partial charge in [-0.1, -0.05) is 47.0 Å². The minimum atomic E-state index is -0.563. The van der Waals surface area contributed by atoms with Crippen molar-refractivity contribution in [3.63, 3.8) is 0 Å². The molecule has 2 amide bonds. The van der Waals surface area contributed by atoms with E-state index < -0.39 is 16.8 Å². The number of hydrogen-bond donors (Lipinski definition) is 1. The molecule has 1 aromatic heterocycles. The first-order valence-corrected chi connectivity index (χ1v) is 15.6. The van der Waals surface area contributed by atoms with Crippen LogP contribution in [0.5, 0.6) is 5.75 Å². The molecule has 2 fully saturated rings. The molecule has 1 N–H and O–H groups in total. The van der Waals surface area contributed by atoms with Gasteiger partial charge in [0.25, 0.3) is 5.69 Å². The number of fused-ring (bicyclic) bond motifs is 3. The molecular weight excluding hydrogens is 626 g/mol. The Labute approximate surface area is 263 Å². The molecule has 3 aromatic rings. The van der Waals surface area contributed by atoms with E-state index in [-0.39, 0.29) is 41.0 Å². The van der Waals surface area contributed by atoms with E-state index in [0.717, 1.165) is 39.1 Å². The Balaban J connectivity index is 1.29. The predicted molar refractivity (Wildman–Crippen MR) is 169 cm³/mol. The quantitative estimate of drug-likeness (QED) is 0.113. The maximum atomic E-state index is 13.9. The Kier molecular flexibility index (Phi) is 8.46. The molecule has 3 heterocycles. The molecule has 4 atom stereocenters. The fourth-order valence-corrected chi connectivity index (χ4v) is 7.33. The van der Waals surface area contributed by atoms with Crippen LogP contribution in [0.25, 0.3) is 11.6 Å². The van der Waals surface area contributed by atoms with Crippen LogP contribution in [0, 0.1) is 27.9 Å². The highest BCUT2D eigenvalue weighted by Gasteiger charge is 2.57. The van der Waals surface area contributed by atoms with Crippen molar-refractivity contribution in [3.8, 4) is 5.75 Å². The average molecular weight is 659 g/mol. The van der Waals surface area contributed by atoms with Gasteiger partial charge in [0, 0.05) is 34.3 Å². The van der Waals surface area contributed by atoms with E-state index in [1.165, 1.54) is 23.8 Å². The number of benzene rings is 2. The minimum absolute atomic E-state index is 0.166. The van der Waals surface area contributed by atoms with E-state index in [4.69, 9.17) is 4.74 Å². The fraction of sp³-hybridized carbons (Fsp3) is 0.324. The number of carbonyl (C=O) groups is 2. The van der Waals surface area contributed by atoms with Gasteiger partial charge in [-0.05, 0) is 79.3 Å². The molecule has 0 unspecified atom stereocenters. The number of nitrogens with zero attached hydrogens (tertiary/aromatic N) is 3. The number of carbonyl (C=O) groups excluding carboxylic acids is 2. The van der Waals surface area contributed by atoms with Crippen molar-refractivity contribution in [1.82, 2.24) is 4.98 Å². The Bertz CT molecular complexity index is 1690. The van der Waals surface area contributed by atoms with Gasteiger partial charge < -0.3 is 9.84 Å². The smallest absolute Gasteiger partial charge is 0.271 e. The number of nitro benzene ring substituents is 1. The molecule has 0 spiro atoms. The number of aromatic hydroxyl groups is 1. The Morgan fingerprint density at radius 1 is 1.14 bits per heavy atom. The maximum Gasteiger partial charge on any atom is 0.271 e. The summed E-state index contributed by atoms with van der Waals surface area (Å²) in [5, 5.41) is 21.9. The number of rotatable bonds is 9. The summed E-state index contributed by atoms with van der Waals surface area (Å²) >= 11 is 3.49. The molecular formula is C34H32BrN3O6. The van der Waals surface area contributed by atoms with Gasteiger partial charge in [0.2, 0.25) is 11.8 Å². The fourth-order valence-electron chi connectivity index (χ4n) is 6.95. The third-order valence-electron chi connectivity index (χ3n) is 8.85. The van der Waals surface area contributed by atoms with Gasteiger partial charge >= 0.3 is 0 Å². The molecule has 9 nitrogen and oxygen atoms in total. The second-order valence-electron chi connectivity index (χ2n) is 11.5. The van der Waals surface area contributed by atoms with Crippen molar-refractivity contribution in [2.45, 2.75) is 45.1 Å². The molecule has 2 saturated heterocycles. The summed E-state index contributed by atoms with van der Waals surface area (Å²) in [7, 11) is 0. The lowest BCUT2D eigenvalue weighted by atomic mass is 9.68. The number of ether oxygens (including phenoxy) is 1. The molecule has 0 radical (unpaired) electrons. The lowest BCUT2D eigenvalue weighted by Crippen LogP contribution is -2.34. The van der Waals surface area contributed by atoms with E-state index in [1.807, 2.05) is 30.3 Å². The molecule has 0 saturated carbocycles. The van der Waals surface area contributed by atoms with Crippen LogP contribution in [-0.2, 0) is 14.3 Å². The molecule has 3 aliphatic rings. The molecule has 226 valence electrons. The van der Waals surface area contributed by atoms with Crippen molar-refractivity contribution in [1.29, 1.82) is 0 Å². The summed E-state index contributed by atoms with van der Waals surface area (Å²) in [6.45, 7) is 2.44. The number of phenolic OH excluding ortho intramolecular Hbond substituents is 1. The van der Waals surface area contributed by atoms with Crippen LogP contribution < -0.4 is 4.90 Å². The standard InChI is InChI=1S/C34H32BrN3O6/c1-2-6-21-17-26-32(34(41)37(33(26)40)24-7-5-8-25(18-24)38(42)43)27-19-44-30(31(21)27)13-10-20(28-9-3-4-14-36-28)15-22-16-23(35)11-12-29(22)39/h3-5,7-9,11-12,14-16,18,26-27,30,32,39H,2,6,10,13,17,19H2,1H3/b20-15-/t26-,27+,30-,32-/m1/s1. The van der Waals surface area contributed by atoms with Crippen LogP contribution in [0.4, 0.5) is 11.4 Å². The lowest BCUT2D eigenvalue weighted by Gasteiger charge is -2.32. The van der Waals surface area contributed by atoms with Gasteiger partial charge in [-0.3, -0.25) is 24.7 Å². The second-order valence-corrected chi connectivity index (χ2v) is 12.4. The number of allylic oxidation sites excluding steroid dienone is 2. The van der Waals surface area contributed by atoms with Gasteiger partial charge in [0.05, 0.1) is 40.9 Å². The van der Waals surface area contributed by atoms with Crippen molar-refractivity contribution in [2.75, 3.05) is 11.5 Å². The largest absolute Gasteiger partial charge is 0.507 e. The van der Waals surface area contributed by atoms with Crippen molar-refractivity contribution in [2.24, 2.45) is 17.8 Å². The topological polar surface area (TPSA) is 123 Å². The summed E-state index contributed by atoms with van der Waals surface area (Å²) < 4.78 is 7.26. The van der Waals surface area contributed by atoms with E-state index in [1.54, 1.807) is 24.4 Å². The molecule has 2 aliphatic heterocycles. The predicted octanol–water partition coefficient (Wildman–Crippen LogP) is 7.10. The summed E-state index contributed by atoms with van der Waals surface area (Å²) in [5.41, 5.74) is 4.79. The zero-order valence-corrected chi connectivity index (χ0v) is 25.8. The molecule has 0 bridgehead atoms. The summed E-state index contributed by atoms with van der Waals surface area (Å²) in [6, 6.07) is 16.7. The number of anilines is 1. The lowest BCUT2D eigenvalue weighted by molar-refractivity contribution is -0.384. The van der Waals surface area contributed by atoms with Gasteiger partial charge in [-0.15, -0.1) is 0 Å². The first-order valence-electron chi connectivity index (χ1n) is 14.8. The monoisotopic (exact) mass is 657 g/mol. The molecule has 1 aliphatic carbocycles. The maximum absolute atomic E-state index is 13.9. The van der Waals surface area contributed by atoms with Gasteiger partial charge in [0.15, 0.2) is 0 Å². The number of amides is 2. The Morgan fingerprint density at radius 3 is 2.73 bits per heavy atom. The van der Waals surface area contributed by atoms with Crippen LogP contribution in [0.3, 0.4) is 0 Å². The van der Waals surface area contributed by atoms with E-state index in [2.05, 4.69) is 27.8 Å². The van der Waals surface area contributed by atoms with Gasteiger partial charge in [-0.25, -0.2) is 4.90 Å². The number of aromatic nitrogens is 1. The number of nitro groups is 1. The number of non-ortho nitro benzene ring substituents is 1. The summed E-state index contributed by atoms with van der Waals surface area (Å²) in [4.78, 5) is 44.1. The molecule has 44 heavy (non-hydrogen) atoms. The average Bonchev–Trinajstić information content (AvgIpc) is 3.55. The molecule has 10 heteroatoms. The van der Waals surface area contributed by atoms with Crippen molar-refractivity contribution < 1.29 is 24.4 Å². The zero-order chi connectivity index (χ0) is 31.0. The van der Waals surface area contributed by atoms with Crippen molar-refractivity contribution >= 4 is 50.8 Å². The third kappa shape index (κ3) is 5.59. The van der Waals surface area contributed by atoms with Crippen LogP contribution in [0.1, 0.15) is 50.3 Å². The number of pyridine rings is 1. The highest BCUT2D eigenvalue weighted by molar-refractivity contribution is 9.10. The highest BCUT2D eigenvalue weighted by atomic mass is 79.9. The number of imide groups is 1. The first kappa shape index (κ1) is 29.9. The molecule has 6 rings (SSSR count). The van der Waals surface area contributed by atoms with Gasteiger partial charge in [-0.2, -0.15) is 0 Å². The SMILES string of the molecule is CCCC1=C2[C@@H](CC/C(=C/c3cc(Br)ccc3O)c3ccccn3)OC[C@@H]2[C@@H]2C(=O)N(c3cccc([N+](=O)[O-])c3)C(=O)[C@@H]2C1. The zero-order valence-electron chi connectivity index (χ0n) is 24.2. The number of halogens is 1. The number of phenols is 1. The summed E-state index contributed by atoms with van der Waals surface area (Å²) in [5.74, 6) is -1.75. The van der Waals surface area contributed by atoms with Crippen molar-refractivity contribution in [3.05, 3.63) is 104 Å². The van der Waals surface area contributed by atoms with Crippen LogP contribution in [0.15, 0.2) is 82.5 Å². The van der Waals surface area contributed by atoms with E-state index in [0.29, 0.717) is 31.4 Å². The Morgan fingerprint density at radius 2 is 1.98 bits per heavy atom. The van der Waals surface area contributed by atoms with E-state index >= 15 is 0 Å². The highest BCUT2D eigenvalue weighted by Crippen LogP contribution is 2.51. The van der Waals surface area contributed by atoms with Gasteiger partial charge in [0.1, 0.15) is 5.75 Å². The molecule has 2 aromatic carbocycles. The van der Waals surface area contributed by atoms with E-state index in [9.17, 15) is 24.8 Å². The normalized spacial score (nSPS) is 23.2. The first-order chi connectivity index (χ1) is 21.3. The van der Waals surface area contributed by atoms with Crippen LogP contribution >= 0.6 is 15.9 Å². The second kappa shape index (κ2) is 12.5.